The van der Waals surface area contributed by atoms with Gasteiger partial charge in [0.15, 0.2) is 0 Å². The van der Waals surface area contributed by atoms with Crippen LogP contribution >= 0.6 is 0 Å². The van der Waals surface area contributed by atoms with E-state index >= 15 is 0 Å². The van der Waals surface area contributed by atoms with Gasteiger partial charge in [0.1, 0.15) is 12.6 Å². The van der Waals surface area contributed by atoms with E-state index in [1.165, 1.54) is 4.90 Å². The summed E-state index contributed by atoms with van der Waals surface area (Å²) in [5.41, 5.74) is 3.30. The van der Waals surface area contributed by atoms with Crippen molar-refractivity contribution in [1.29, 1.82) is 0 Å². The van der Waals surface area contributed by atoms with Crippen molar-refractivity contribution in [3.8, 4) is 0 Å². The Morgan fingerprint density at radius 1 is 1.06 bits per heavy atom. The number of benzene rings is 2. The number of hydrogen-bond donors (Lipinski definition) is 1. The molecule has 1 aliphatic rings. The lowest BCUT2D eigenvalue weighted by Gasteiger charge is -2.32. The Balaban J connectivity index is 1.89. The van der Waals surface area contributed by atoms with E-state index in [9.17, 15) is 18.0 Å². The third kappa shape index (κ3) is 7.07. The Hall–Kier alpha value is -2.87. The van der Waals surface area contributed by atoms with E-state index < -0.39 is 22.0 Å². The molecule has 2 aromatic rings. The molecule has 190 valence electrons. The molecule has 0 radical (unpaired) electrons. The van der Waals surface area contributed by atoms with Crippen molar-refractivity contribution in [2.45, 2.75) is 71.5 Å². The first-order valence-corrected chi connectivity index (χ1v) is 14.2. The highest BCUT2D eigenvalue weighted by Crippen LogP contribution is 2.24. The molecule has 0 heterocycles. The lowest BCUT2D eigenvalue weighted by Crippen LogP contribution is -2.52. The van der Waals surface area contributed by atoms with Crippen LogP contribution in [0.5, 0.6) is 0 Å². The van der Waals surface area contributed by atoms with Gasteiger partial charge in [-0.05, 0) is 50.3 Å². The topological polar surface area (TPSA) is 86.8 Å². The van der Waals surface area contributed by atoms with E-state index in [1.54, 1.807) is 19.1 Å². The number of carbonyl (C=O) groups excluding carboxylic acids is 2. The standard InChI is InChI=1S/C27H37N3O4S/c1-5-23-10-6-9-13-25(23)30(35(4,33)34)19-26(31)29(18-22-16-14-20(2)15-17-22)21(3)27(32)28-24-11-7-8-12-24/h6,9-10,13-17,21,24H,5,7-8,11-12,18-19H2,1-4H3,(H,28,32). The first-order valence-electron chi connectivity index (χ1n) is 12.3. The van der Waals surface area contributed by atoms with Gasteiger partial charge in [-0.25, -0.2) is 8.42 Å². The number of nitrogens with one attached hydrogen (secondary N) is 1. The second kappa shape index (κ2) is 11.7. The third-order valence-corrected chi connectivity index (χ3v) is 7.79. The van der Waals surface area contributed by atoms with Crippen molar-refractivity contribution < 1.29 is 18.0 Å². The minimum atomic E-state index is -3.74. The van der Waals surface area contributed by atoms with Gasteiger partial charge < -0.3 is 10.2 Å². The van der Waals surface area contributed by atoms with Crippen LogP contribution in [-0.4, -0.2) is 50.0 Å². The summed E-state index contributed by atoms with van der Waals surface area (Å²) in [6.45, 7) is 5.48. The summed E-state index contributed by atoms with van der Waals surface area (Å²) >= 11 is 0. The zero-order valence-corrected chi connectivity index (χ0v) is 22.0. The summed E-state index contributed by atoms with van der Waals surface area (Å²) in [4.78, 5) is 28.3. The maximum absolute atomic E-state index is 13.7. The van der Waals surface area contributed by atoms with Crippen LogP contribution in [-0.2, 0) is 32.6 Å². The molecule has 1 N–H and O–H groups in total. The molecule has 7 nitrogen and oxygen atoms in total. The van der Waals surface area contributed by atoms with Gasteiger partial charge in [-0.1, -0.05) is 67.8 Å². The van der Waals surface area contributed by atoms with Crippen molar-refractivity contribution in [3.63, 3.8) is 0 Å². The molecule has 3 rings (SSSR count). The molecule has 1 unspecified atom stereocenters. The number of anilines is 1. The summed E-state index contributed by atoms with van der Waals surface area (Å²) in [5, 5.41) is 3.08. The van der Waals surface area contributed by atoms with Crippen LogP contribution in [0.25, 0.3) is 0 Å². The van der Waals surface area contributed by atoms with Gasteiger partial charge >= 0.3 is 0 Å². The SMILES string of the molecule is CCc1ccccc1N(CC(=O)N(Cc1ccc(C)cc1)C(C)C(=O)NC1CCCC1)S(C)(=O)=O. The van der Waals surface area contributed by atoms with E-state index in [1.807, 2.05) is 50.2 Å². The van der Waals surface area contributed by atoms with Gasteiger partial charge in [-0.3, -0.25) is 13.9 Å². The van der Waals surface area contributed by atoms with Crippen LogP contribution < -0.4 is 9.62 Å². The largest absolute Gasteiger partial charge is 0.352 e. The molecule has 0 spiro atoms. The van der Waals surface area contributed by atoms with Gasteiger partial charge in [0.2, 0.25) is 21.8 Å². The molecular weight excluding hydrogens is 462 g/mol. The maximum atomic E-state index is 13.7. The monoisotopic (exact) mass is 499 g/mol. The predicted molar refractivity (Wildman–Crippen MR) is 140 cm³/mol. The Morgan fingerprint density at radius 2 is 1.69 bits per heavy atom. The van der Waals surface area contributed by atoms with Gasteiger partial charge in [-0.15, -0.1) is 0 Å². The average molecular weight is 500 g/mol. The lowest BCUT2D eigenvalue weighted by molar-refractivity contribution is -0.139. The number of aryl methyl sites for hydroxylation is 2. The quantitative estimate of drug-likeness (QED) is 0.539. The van der Waals surface area contributed by atoms with Crippen LogP contribution in [0.3, 0.4) is 0 Å². The maximum Gasteiger partial charge on any atom is 0.244 e. The lowest BCUT2D eigenvalue weighted by atomic mass is 10.1. The van der Waals surface area contributed by atoms with Crippen LogP contribution in [0.1, 0.15) is 56.2 Å². The van der Waals surface area contributed by atoms with E-state index in [4.69, 9.17) is 0 Å². The predicted octanol–water partition coefficient (Wildman–Crippen LogP) is 3.80. The average Bonchev–Trinajstić information content (AvgIpc) is 3.34. The fourth-order valence-electron chi connectivity index (χ4n) is 4.51. The van der Waals surface area contributed by atoms with E-state index in [-0.39, 0.29) is 25.0 Å². The van der Waals surface area contributed by atoms with Gasteiger partial charge in [0, 0.05) is 12.6 Å². The molecule has 8 heteroatoms. The molecule has 1 fully saturated rings. The van der Waals surface area contributed by atoms with E-state index in [0.717, 1.165) is 52.9 Å². The molecule has 2 amide bonds. The zero-order valence-electron chi connectivity index (χ0n) is 21.2. The highest BCUT2D eigenvalue weighted by molar-refractivity contribution is 7.92. The molecule has 0 aliphatic heterocycles. The van der Waals surface area contributed by atoms with Crippen LogP contribution in [0.15, 0.2) is 48.5 Å². The zero-order chi connectivity index (χ0) is 25.6. The summed E-state index contributed by atoms with van der Waals surface area (Å²) in [6, 6.07) is 14.4. The normalized spacial score (nSPS) is 15.0. The number of hydrogen-bond acceptors (Lipinski definition) is 4. The van der Waals surface area contributed by atoms with Crippen LogP contribution in [0.2, 0.25) is 0 Å². The molecule has 1 saturated carbocycles. The molecule has 35 heavy (non-hydrogen) atoms. The van der Waals surface area contributed by atoms with E-state index in [0.29, 0.717) is 12.1 Å². The number of amides is 2. The van der Waals surface area contributed by atoms with Crippen LogP contribution in [0, 0.1) is 6.92 Å². The molecular formula is C27H37N3O4S. The minimum absolute atomic E-state index is 0.130. The first-order chi connectivity index (χ1) is 16.6. The fourth-order valence-corrected chi connectivity index (χ4v) is 5.39. The number of sulfonamides is 1. The Labute approximate surface area is 209 Å². The third-order valence-electron chi connectivity index (χ3n) is 6.66. The van der Waals surface area contributed by atoms with Gasteiger partial charge in [0.05, 0.1) is 11.9 Å². The van der Waals surface area contributed by atoms with Crippen molar-refractivity contribution in [3.05, 3.63) is 65.2 Å². The fraction of sp³-hybridized carbons (Fsp3) is 0.481. The van der Waals surface area contributed by atoms with Gasteiger partial charge in [-0.2, -0.15) is 0 Å². The molecule has 2 aromatic carbocycles. The smallest absolute Gasteiger partial charge is 0.244 e. The highest BCUT2D eigenvalue weighted by Gasteiger charge is 2.31. The van der Waals surface area contributed by atoms with Crippen molar-refractivity contribution in [2.24, 2.45) is 0 Å². The second-order valence-corrected chi connectivity index (χ2v) is 11.3. The number of para-hydroxylation sites is 1. The molecule has 0 aromatic heterocycles. The summed E-state index contributed by atoms with van der Waals surface area (Å²) in [5.74, 6) is -0.631. The molecule has 0 bridgehead atoms. The summed E-state index contributed by atoms with van der Waals surface area (Å²) < 4.78 is 26.7. The Kier molecular flexibility index (Phi) is 8.94. The summed E-state index contributed by atoms with van der Waals surface area (Å²) in [6.07, 6.45) is 5.80. The second-order valence-electron chi connectivity index (χ2n) is 9.43. The van der Waals surface area contributed by atoms with Crippen molar-refractivity contribution in [1.82, 2.24) is 10.2 Å². The summed E-state index contributed by atoms with van der Waals surface area (Å²) in [7, 11) is -3.74. The number of nitrogens with zero attached hydrogens (tertiary/aromatic N) is 2. The highest BCUT2D eigenvalue weighted by atomic mass is 32.2. The Morgan fingerprint density at radius 3 is 2.29 bits per heavy atom. The molecule has 1 atom stereocenters. The molecule has 1 aliphatic carbocycles. The first kappa shape index (κ1) is 26.7. The van der Waals surface area contributed by atoms with Crippen molar-refractivity contribution >= 4 is 27.5 Å². The van der Waals surface area contributed by atoms with E-state index in [2.05, 4.69) is 5.32 Å². The van der Waals surface area contributed by atoms with Gasteiger partial charge in [0.25, 0.3) is 0 Å². The molecule has 0 saturated heterocycles. The van der Waals surface area contributed by atoms with Crippen molar-refractivity contribution in [2.75, 3.05) is 17.1 Å². The number of rotatable bonds is 10. The Bertz CT molecular complexity index is 1130. The number of carbonyl (C=O) groups is 2. The minimum Gasteiger partial charge on any atom is -0.352 e. The van der Waals surface area contributed by atoms with Crippen LogP contribution in [0.4, 0.5) is 5.69 Å².